The number of halogens is 1. The molecule has 1 rings (SSSR count). The second-order valence-electron chi connectivity index (χ2n) is 3.30. The van der Waals surface area contributed by atoms with Crippen LogP contribution in [0, 0.1) is 10.1 Å². The van der Waals surface area contributed by atoms with Crippen LogP contribution in [0.4, 0.5) is 0 Å². The molecule has 0 aliphatic carbocycles. The Morgan fingerprint density at radius 1 is 1.71 bits per heavy atom. The Bertz CT molecular complexity index is 422. The maximum absolute atomic E-state index is 10.4. The van der Waals surface area contributed by atoms with Gasteiger partial charge in [-0.15, -0.1) is 11.8 Å². The third-order valence-electron chi connectivity index (χ3n) is 2.01. The lowest BCUT2D eigenvalue weighted by Gasteiger charge is -2.18. The first-order valence-electron chi connectivity index (χ1n) is 4.74. The molecule has 7 heteroatoms. The van der Waals surface area contributed by atoms with Crippen LogP contribution in [0.2, 0.25) is 0 Å². The second-order valence-corrected chi connectivity index (χ2v) is 4.94. The Morgan fingerprint density at radius 2 is 2.41 bits per heavy atom. The number of pyridine rings is 1. The van der Waals surface area contributed by atoms with Gasteiger partial charge < -0.3 is 4.90 Å². The van der Waals surface area contributed by atoms with Gasteiger partial charge >= 0.3 is 0 Å². The molecular formula is C10H12BrN3O2S. The number of aromatic nitrogens is 1. The van der Waals surface area contributed by atoms with Gasteiger partial charge in [-0.2, -0.15) is 0 Å². The van der Waals surface area contributed by atoms with Crippen molar-refractivity contribution < 1.29 is 4.92 Å². The number of nitro groups is 1. The number of hydrogen-bond donors (Lipinski definition) is 0. The summed E-state index contributed by atoms with van der Waals surface area (Å²) in [6, 6.07) is 3.77. The van der Waals surface area contributed by atoms with Crippen LogP contribution in [0.3, 0.4) is 0 Å². The summed E-state index contributed by atoms with van der Waals surface area (Å²) in [6.45, 7) is 0.584. The number of hydrogen-bond acceptors (Lipinski definition) is 5. The minimum atomic E-state index is -0.442. The first kappa shape index (κ1) is 14.0. The van der Waals surface area contributed by atoms with Gasteiger partial charge in [0.1, 0.15) is 9.63 Å². The van der Waals surface area contributed by atoms with Crippen molar-refractivity contribution >= 4 is 27.7 Å². The van der Waals surface area contributed by atoms with Gasteiger partial charge in [0, 0.05) is 19.8 Å². The minimum absolute atomic E-state index is 0.442. The van der Waals surface area contributed by atoms with Crippen LogP contribution in [-0.2, 0) is 6.54 Å². The van der Waals surface area contributed by atoms with Gasteiger partial charge in [-0.1, -0.05) is 6.07 Å². The van der Waals surface area contributed by atoms with Gasteiger partial charge in [0.2, 0.25) is 0 Å². The van der Waals surface area contributed by atoms with Crippen molar-refractivity contribution in [2.45, 2.75) is 6.54 Å². The molecule has 0 unspecified atom stereocenters. The minimum Gasteiger partial charge on any atom is -0.360 e. The number of rotatable bonds is 5. The summed E-state index contributed by atoms with van der Waals surface area (Å²) in [5, 5.41) is 11.0. The zero-order valence-corrected chi connectivity index (χ0v) is 11.9. The van der Waals surface area contributed by atoms with E-state index in [2.05, 4.69) is 20.9 Å². The van der Waals surface area contributed by atoms with E-state index in [1.54, 1.807) is 6.20 Å². The molecule has 0 aromatic carbocycles. The van der Waals surface area contributed by atoms with Crippen molar-refractivity contribution in [2.75, 3.05) is 13.3 Å². The van der Waals surface area contributed by atoms with Crippen molar-refractivity contribution in [3.63, 3.8) is 0 Å². The number of nitrogens with zero attached hydrogens (tertiary/aromatic N) is 3. The van der Waals surface area contributed by atoms with Gasteiger partial charge in [-0.05, 0) is 33.8 Å². The summed E-state index contributed by atoms with van der Waals surface area (Å²) in [5.41, 5.74) is 0.999. The van der Waals surface area contributed by atoms with Crippen molar-refractivity contribution in [1.82, 2.24) is 9.88 Å². The number of thioether (sulfide) groups is 1. The summed E-state index contributed by atoms with van der Waals surface area (Å²) in [5.74, 6) is 0. The van der Waals surface area contributed by atoms with Crippen molar-refractivity contribution in [3.8, 4) is 0 Å². The Balaban J connectivity index is 2.73. The molecule has 1 aromatic heterocycles. The van der Waals surface area contributed by atoms with Gasteiger partial charge in [-0.25, -0.2) is 4.98 Å². The van der Waals surface area contributed by atoms with Crippen LogP contribution in [-0.4, -0.2) is 28.1 Å². The largest absolute Gasteiger partial charge is 0.360 e. The van der Waals surface area contributed by atoms with Crippen LogP contribution >= 0.6 is 27.7 Å². The highest BCUT2D eigenvalue weighted by molar-refractivity contribution is 9.10. The molecule has 0 fully saturated rings. The van der Waals surface area contributed by atoms with Gasteiger partial charge in [0.25, 0.3) is 6.20 Å². The second kappa shape index (κ2) is 6.61. The van der Waals surface area contributed by atoms with E-state index in [4.69, 9.17) is 0 Å². The Labute approximate surface area is 112 Å². The van der Waals surface area contributed by atoms with E-state index in [0.717, 1.165) is 16.4 Å². The molecule has 5 nitrogen and oxygen atoms in total. The molecule has 92 valence electrons. The highest BCUT2D eigenvalue weighted by Gasteiger charge is 2.08. The first-order valence-corrected chi connectivity index (χ1v) is 6.75. The third kappa shape index (κ3) is 4.74. The van der Waals surface area contributed by atoms with E-state index < -0.39 is 4.92 Å². The smallest absolute Gasteiger partial charge is 0.264 e. The zero-order chi connectivity index (χ0) is 12.8. The summed E-state index contributed by atoms with van der Waals surface area (Å²) >= 11 is 4.60. The standard InChI is InChI=1S/C10H12BrN3O2S/c1-13(10(17-2)7-14(15)16)6-8-3-4-9(11)12-5-8/h3-5,7H,6H2,1-2H3. The zero-order valence-electron chi connectivity index (χ0n) is 9.46. The van der Waals surface area contributed by atoms with E-state index in [0.29, 0.717) is 11.6 Å². The van der Waals surface area contributed by atoms with E-state index in [9.17, 15) is 10.1 Å². The fourth-order valence-corrected chi connectivity index (χ4v) is 2.05. The lowest BCUT2D eigenvalue weighted by Crippen LogP contribution is -2.16. The molecule has 0 spiro atoms. The Morgan fingerprint density at radius 3 is 2.88 bits per heavy atom. The third-order valence-corrected chi connectivity index (χ3v) is 3.31. The lowest BCUT2D eigenvalue weighted by molar-refractivity contribution is -0.403. The molecule has 0 N–H and O–H groups in total. The quantitative estimate of drug-likeness (QED) is 0.475. The van der Waals surface area contributed by atoms with Crippen LogP contribution in [0.5, 0.6) is 0 Å². The Kier molecular flexibility index (Phi) is 5.43. The van der Waals surface area contributed by atoms with Crippen LogP contribution in [0.15, 0.2) is 34.2 Å². The molecule has 0 radical (unpaired) electrons. The SMILES string of the molecule is CSC(=C[N+](=O)[O-])N(C)Cc1ccc(Br)nc1. The first-order chi connectivity index (χ1) is 8.02. The average molecular weight is 318 g/mol. The van der Waals surface area contributed by atoms with Crippen LogP contribution < -0.4 is 0 Å². The maximum atomic E-state index is 10.4. The molecule has 1 aromatic rings. The highest BCUT2D eigenvalue weighted by atomic mass is 79.9. The van der Waals surface area contributed by atoms with Crippen molar-refractivity contribution in [2.24, 2.45) is 0 Å². The van der Waals surface area contributed by atoms with Gasteiger partial charge in [0.05, 0.1) is 4.92 Å². The average Bonchev–Trinajstić information content (AvgIpc) is 2.28. The molecule has 1 heterocycles. The van der Waals surface area contributed by atoms with E-state index in [1.165, 1.54) is 11.8 Å². The molecule has 0 aliphatic rings. The Hall–Kier alpha value is -1.08. The van der Waals surface area contributed by atoms with E-state index in [-0.39, 0.29) is 0 Å². The molecular weight excluding hydrogens is 306 g/mol. The molecule has 0 amide bonds. The normalized spacial score (nSPS) is 11.4. The summed E-state index contributed by atoms with van der Waals surface area (Å²) in [4.78, 5) is 15.9. The molecule has 0 atom stereocenters. The van der Waals surface area contributed by atoms with Crippen molar-refractivity contribution in [3.05, 3.63) is 49.8 Å². The lowest BCUT2D eigenvalue weighted by atomic mass is 10.3. The van der Waals surface area contributed by atoms with Crippen LogP contribution in [0.25, 0.3) is 0 Å². The maximum Gasteiger partial charge on any atom is 0.264 e. The monoisotopic (exact) mass is 317 g/mol. The predicted molar refractivity (Wildman–Crippen MR) is 72.0 cm³/mol. The predicted octanol–water partition coefficient (Wildman–Crippen LogP) is 2.71. The van der Waals surface area contributed by atoms with Gasteiger partial charge in [-0.3, -0.25) is 10.1 Å². The van der Waals surface area contributed by atoms with Crippen LogP contribution in [0.1, 0.15) is 5.56 Å². The topological polar surface area (TPSA) is 59.3 Å². The summed E-state index contributed by atoms with van der Waals surface area (Å²) < 4.78 is 0.773. The van der Waals surface area contributed by atoms with Gasteiger partial charge in [0.15, 0.2) is 0 Å². The fourth-order valence-electron chi connectivity index (χ4n) is 1.25. The van der Waals surface area contributed by atoms with E-state index in [1.807, 2.05) is 30.3 Å². The fraction of sp³-hybridized carbons (Fsp3) is 0.300. The van der Waals surface area contributed by atoms with E-state index >= 15 is 0 Å². The summed E-state index contributed by atoms with van der Waals surface area (Å²) in [7, 11) is 1.81. The molecule has 0 aliphatic heterocycles. The van der Waals surface area contributed by atoms with Crippen molar-refractivity contribution in [1.29, 1.82) is 0 Å². The molecule has 0 bridgehead atoms. The molecule has 0 saturated heterocycles. The molecule has 0 saturated carbocycles. The molecule has 17 heavy (non-hydrogen) atoms. The highest BCUT2D eigenvalue weighted by Crippen LogP contribution is 2.18. The summed E-state index contributed by atoms with van der Waals surface area (Å²) in [6.07, 6.45) is 4.56.